The van der Waals surface area contributed by atoms with Gasteiger partial charge in [0, 0.05) is 22.4 Å². The Labute approximate surface area is 224 Å². The molecule has 5 aromatic carbocycles. The summed E-state index contributed by atoms with van der Waals surface area (Å²) in [5, 5.41) is 6.48. The van der Waals surface area contributed by atoms with E-state index >= 15 is 0 Å². The first-order valence-corrected chi connectivity index (χ1v) is 14.3. The molecule has 0 bridgehead atoms. The first-order valence-electron chi connectivity index (χ1n) is 14.3. The number of fused-ring (bicyclic) bond motifs is 6. The van der Waals surface area contributed by atoms with Crippen LogP contribution in [0.1, 0.15) is 47.9 Å². The fourth-order valence-corrected chi connectivity index (χ4v) is 7.19. The Bertz CT molecular complexity index is 1880. The van der Waals surface area contributed by atoms with E-state index in [4.69, 9.17) is 4.98 Å². The zero-order chi connectivity index (χ0) is 25.1. The van der Waals surface area contributed by atoms with Crippen molar-refractivity contribution in [2.45, 2.75) is 51.4 Å². The third kappa shape index (κ3) is 3.42. The van der Waals surface area contributed by atoms with Gasteiger partial charge in [-0.1, -0.05) is 78.9 Å². The van der Waals surface area contributed by atoms with Gasteiger partial charge in [0.15, 0.2) is 0 Å². The highest BCUT2D eigenvalue weighted by Gasteiger charge is 2.21. The third-order valence-corrected chi connectivity index (χ3v) is 9.03. The summed E-state index contributed by atoms with van der Waals surface area (Å²) in [6.07, 6.45) is 12.1. The summed E-state index contributed by atoms with van der Waals surface area (Å²) < 4.78 is 0. The van der Waals surface area contributed by atoms with Crippen molar-refractivity contribution in [2.24, 2.45) is 0 Å². The summed E-state index contributed by atoms with van der Waals surface area (Å²) in [6, 6.07) is 32.2. The van der Waals surface area contributed by atoms with Crippen molar-refractivity contribution in [3.63, 3.8) is 0 Å². The Kier molecular flexibility index (Phi) is 5.11. The topological polar surface area (TPSA) is 12.9 Å². The minimum absolute atomic E-state index is 1.06. The molecule has 2 aliphatic carbocycles. The molecule has 0 unspecified atom stereocenters. The van der Waals surface area contributed by atoms with Crippen LogP contribution in [-0.2, 0) is 25.7 Å². The van der Waals surface area contributed by atoms with Crippen LogP contribution in [0.3, 0.4) is 0 Å². The molecule has 184 valence electrons. The summed E-state index contributed by atoms with van der Waals surface area (Å²) in [6.45, 7) is 0. The second kappa shape index (κ2) is 8.81. The SMILES string of the molecule is c1ccc2c(c1)ncc1c(-c3ccc4c(c3)CCCC4)c3ccccc3c(-c3ccc4c(c3)CCCC4)c12. The summed E-state index contributed by atoms with van der Waals surface area (Å²) in [4.78, 5) is 4.99. The van der Waals surface area contributed by atoms with Gasteiger partial charge in [-0.15, -0.1) is 0 Å². The Morgan fingerprint density at radius 2 is 0.974 bits per heavy atom. The highest BCUT2D eigenvalue weighted by molar-refractivity contribution is 6.27. The molecule has 6 aromatic rings. The van der Waals surface area contributed by atoms with Crippen molar-refractivity contribution in [1.29, 1.82) is 0 Å². The Balaban J connectivity index is 1.52. The van der Waals surface area contributed by atoms with Crippen molar-refractivity contribution in [3.8, 4) is 22.3 Å². The predicted octanol–water partition coefficient (Wildman–Crippen LogP) is 9.63. The predicted molar refractivity (Wildman–Crippen MR) is 161 cm³/mol. The van der Waals surface area contributed by atoms with Crippen molar-refractivity contribution in [3.05, 3.63) is 113 Å². The van der Waals surface area contributed by atoms with E-state index < -0.39 is 0 Å². The maximum atomic E-state index is 4.99. The van der Waals surface area contributed by atoms with Crippen LogP contribution in [0.2, 0.25) is 0 Å². The number of hydrogen-bond donors (Lipinski definition) is 0. The van der Waals surface area contributed by atoms with Gasteiger partial charge < -0.3 is 0 Å². The highest BCUT2D eigenvalue weighted by atomic mass is 14.6. The molecular weight excluding hydrogens is 458 g/mol. The lowest BCUT2D eigenvalue weighted by Gasteiger charge is -2.22. The number of para-hydroxylation sites is 1. The average molecular weight is 490 g/mol. The number of hydrogen-bond acceptors (Lipinski definition) is 1. The van der Waals surface area contributed by atoms with E-state index in [2.05, 4.69) is 91.1 Å². The van der Waals surface area contributed by atoms with Gasteiger partial charge in [-0.3, -0.25) is 4.98 Å². The van der Waals surface area contributed by atoms with Gasteiger partial charge in [0.05, 0.1) is 5.52 Å². The lowest BCUT2D eigenvalue weighted by Crippen LogP contribution is -2.03. The fourth-order valence-electron chi connectivity index (χ4n) is 7.19. The Morgan fingerprint density at radius 1 is 0.447 bits per heavy atom. The van der Waals surface area contributed by atoms with E-state index in [9.17, 15) is 0 Å². The fraction of sp³-hybridized carbons (Fsp3) is 0.216. The summed E-state index contributed by atoms with van der Waals surface area (Å²) in [7, 11) is 0. The van der Waals surface area contributed by atoms with Gasteiger partial charge in [-0.25, -0.2) is 0 Å². The quantitative estimate of drug-likeness (QED) is 0.174. The van der Waals surface area contributed by atoms with Gasteiger partial charge >= 0.3 is 0 Å². The zero-order valence-electron chi connectivity index (χ0n) is 21.8. The van der Waals surface area contributed by atoms with E-state index in [1.165, 1.54) is 123 Å². The normalized spacial score (nSPS) is 15.1. The molecule has 0 saturated heterocycles. The van der Waals surface area contributed by atoms with Crippen LogP contribution in [0.15, 0.2) is 91.1 Å². The van der Waals surface area contributed by atoms with Crippen LogP contribution in [0.4, 0.5) is 0 Å². The summed E-state index contributed by atoms with van der Waals surface area (Å²) in [5.41, 5.74) is 12.5. The largest absolute Gasteiger partial charge is 0.256 e. The molecule has 0 fully saturated rings. The average Bonchev–Trinajstić information content (AvgIpc) is 2.99. The van der Waals surface area contributed by atoms with Gasteiger partial charge in [-0.2, -0.15) is 0 Å². The molecule has 2 aliphatic rings. The van der Waals surface area contributed by atoms with Crippen molar-refractivity contribution in [1.82, 2.24) is 4.98 Å². The number of aryl methyl sites for hydroxylation is 4. The summed E-state index contributed by atoms with van der Waals surface area (Å²) >= 11 is 0. The van der Waals surface area contributed by atoms with Gasteiger partial charge in [0.25, 0.3) is 0 Å². The molecule has 0 atom stereocenters. The van der Waals surface area contributed by atoms with E-state index in [0.29, 0.717) is 0 Å². The minimum Gasteiger partial charge on any atom is -0.256 e. The third-order valence-electron chi connectivity index (χ3n) is 9.03. The first-order chi connectivity index (χ1) is 18.8. The monoisotopic (exact) mass is 489 g/mol. The van der Waals surface area contributed by atoms with Crippen LogP contribution < -0.4 is 0 Å². The van der Waals surface area contributed by atoms with Crippen molar-refractivity contribution in [2.75, 3.05) is 0 Å². The zero-order valence-corrected chi connectivity index (χ0v) is 21.8. The highest BCUT2D eigenvalue weighted by Crippen LogP contribution is 2.46. The van der Waals surface area contributed by atoms with Crippen LogP contribution in [-0.4, -0.2) is 4.98 Å². The van der Waals surface area contributed by atoms with Crippen LogP contribution in [0.25, 0.3) is 54.7 Å². The van der Waals surface area contributed by atoms with E-state index in [-0.39, 0.29) is 0 Å². The molecule has 0 amide bonds. The van der Waals surface area contributed by atoms with Crippen LogP contribution in [0.5, 0.6) is 0 Å². The van der Waals surface area contributed by atoms with E-state index in [1.807, 2.05) is 0 Å². The molecule has 8 rings (SSSR count). The maximum Gasteiger partial charge on any atom is 0.0708 e. The molecule has 0 N–H and O–H groups in total. The standard InChI is InChI=1S/C37H31N/c1-3-11-26-21-28(19-17-24(26)9-1)35-30-13-5-6-14-31(30)36(29-20-18-25-10-2-4-12-27(25)22-29)37-32-15-7-8-16-34(32)38-23-33(35)37/h5-8,13-23H,1-4,9-12H2. The molecule has 0 saturated carbocycles. The molecule has 1 aromatic heterocycles. The smallest absolute Gasteiger partial charge is 0.0708 e. The van der Waals surface area contributed by atoms with E-state index in [0.717, 1.165) is 5.52 Å². The summed E-state index contributed by atoms with van der Waals surface area (Å²) in [5.74, 6) is 0. The molecule has 0 spiro atoms. The molecule has 38 heavy (non-hydrogen) atoms. The lowest BCUT2D eigenvalue weighted by molar-refractivity contribution is 0.686. The van der Waals surface area contributed by atoms with Crippen LogP contribution >= 0.6 is 0 Å². The number of benzene rings is 5. The van der Waals surface area contributed by atoms with Gasteiger partial charge in [-0.05, 0) is 113 Å². The molecule has 0 aliphatic heterocycles. The maximum absolute atomic E-state index is 4.99. The van der Waals surface area contributed by atoms with E-state index in [1.54, 1.807) is 0 Å². The van der Waals surface area contributed by atoms with Gasteiger partial charge in [0.2, 0.25) is 0 Å². The lowest BCUT2D eigenvalue weighted by atomic mass is 9.82. The molecule has 1 nitrogen and oxygen atoms in total. The number of nitrogens with zero attached hydrogens (tertiary/aromatic N) is 1. The molecule has 1 heteroatoms. The Hall–Kier alpha value is -3.97. The molecule has 0 radical (unpaired) electrons. The minimum atomic E-state index is 1.06. The number of aromatic nitrogens is 1. The molecular formula is C37H31N. The molecule has 1 heterocycles. The first kappa shape index (κ1) is 22.1. The number of pyridine rings is 1. The Morgan fingerprint density at radius 3 is 1.63 bits per heavy atom. The van der Waals surface area contributed by atoms with Crippen molar-refractivity contribution < 1.29 is 0 Å². The second-order valence-corrected chi connectivity index (χ2v) is 11.2. The van der Waals surface area contributed by atoms with Crippen LogP contribution in [0, 0.1) is 0 Å². The van der Waals surface area contributed by atoms with Crippen molar-refractivity contribution >= 4 is 32.4 Å². The number of rotatable bonds is 2. The second-order valence-electron chi connectivity index (χ2n) is 11.2. The van der Waals surface area contributed by atoms with Gasteiger partial charge in [0.1, 0.15) is 0 Å².